The highest BCUT2D eigenvalue weighted by atomic mass is 32.2. The molecule has 3 rings (SSSR count). The first-order chi connectivity index (χ1) is 10.8. The van der Waals surface area contributed by atoms with Crippen molar-refractivity contribution in [3.8, 4) is 17.1 Å². The van der Waals surface area contributed by atoms with Gasteiger partial charge in [-0.05, 0) is 31.2 Å². The van der Waals surface area contributed by atoms with Crippen molar-refractivity contribution >= 4 is 11.8 Å². The van der Waals surface area contributed by atoms with E-state index in [0.29, 0.717) is 17.5 Å². The fourth-order valence-electron chi connectivity index (χ4n) is 1.97. The number of aromatic nitrogens is 4. The average molecular weight is 316 g/mol. The number of ether oxygens (including phenoxy) is 1. The summed E-state index contributed by atoms with van der Waals surface area (Å²) in [7, 11) is 1.64. The first-order valence-corrected chi connectivity index (χ1v) is 7.89. The van der Waals surface area contributed by atoms with E-state index in [1.54, 1.807) is 25.1 Å². The number of nitrogens with zero attached hydrogens (tertiary/aromatic N) is 4. The number of thioether (sulfide) groups is 1. The molecule has 7 heteroatoms. The Bertz CT molecular complexity index is 736. The maximum absolute atomic E-state index is 5.30. The van der Waals surface area contributed by atoms with Crippen LogP contribution in [0.15, 0.2) is 46.3 Å². The second-order valence-electron chi connectivity index (χ2n) is 4.52. The number of rotatable bonds is 6. The van der Waals surface area contributed by atoms with Crippen LogP contribution in [-0.2, 0) is 12.3 Å². The lowest BCUT2D eigenvalue weighted by Gasteiger charge is -2.01. The van der Waals surface area contributed by atoms with E-state index in [9.17, 15) is 0 Å². The van der Waals surface area contributed by atoms with Gasteiger partial charge >= 0.3 is 0 Å². The van der Waals surface area contributed by atoms with E-state index in [-0.39, 0.29) is 0 Å². The van der Waals surface area contributed by atoms with Gasteiger partial charge in [0.2, 0.25) is 11.7 Å². The van der Waals surface area contributed by atoms with Crippen molar-refractivity contribution in [3.05, 3.63) is 42.5 Å². The first kappa shape index (κ1) is 14.6. The number of hydrogen-bond acceptors (Lipinski definition) is 6. The van der Waals surface area contributed by atoms with Crippen LogP contribution in [-0.4, -0.2) is 26.8 Å². The van der Waals surface area contributed by atoms with Gasteiger partial charge in [0, 0.05) is 24.5 Å². The molecule has 0 radical (unpaired) electrons. The van der Waals surface area contributed by atoms with E-state index in [2.05, 4.69) is 26.6 Å². The molecule has 0 spiro atoms. The van der Waals surface area contributed by atoms with E-state index < -0.39 is 0 Å². The zero-order valence-corrected chi connectivity index (χ0v) is 13.2. The second kappa shape index (κ2) is 6.65. The van der Waals surface area contributed by atoms with Crippen molar-refractivity contribution in [3.63, 3.8) is 0 Å². The molecule has 0 amide bonds. The number of methoxy groups -OCH3 is 1. The molecule has 0 fully saturated rings. The smallest absolute Gasteiger partial charge is 0.237 e. The van der Waals surface area contributed by atoms with Gasteiger partial charge in [0.1, 0.15) is 5.75 Å². The number of hydrogen-bond donors (Lipinski definition) is 0. The highest BCUT2D eigenvalue weighted by Crippen LogP contribution is 2.23. The maximum Gasteiger partial charge on any atom is 0.237 e. The zero-order valence-electron chi connectivity index (χ0n) is 12.4. The summed E-state index contributed by atoms with van der Waals surface area (Å²) in [6.45, 7) is 2.98. The fraction of sp³-hybridized carbons (Fsp3) is 0.267. The molecule has 2 heterocycles. The third kappa shape index (κ3) is 3.14. The van der Waals surface area contributed by atoms with Crippen LogP contribution in [0.4, 0.5) is 0 Å². The molecule has 0 aliphatic carbocycles. The van der Waals surface area contributed by atoms with E-state index in [4.69, 9.17) is 9.26 Å². The van der Waals surface area contributed by atoms with Gasteiger partial charge in [-0.15, -0.1) is 0 Å². The summed E-state index contributed by atoms with van der Waals surface area (Å²) in [6, 6.07) is 7.56. The molecule has 2 aromatic heterocycles. The summed E-state index contributed by atoms with van der Waals surface area (Å²) >= 11 is 1.58. The third-order valence-corrected chi connectivity index (χ3v) is 4.15. The van der Waals surface area contributed by atoms with Crippen LogP contribution in [0.3, 0.4) is 0 Å². The lowest BCUT2D eigenvalue weighted by molar-refractivity contribution is 0.391. The third-order valence-electron chi connectivity index (χ3n) is 3.16. The van der Waals surface area contributed by atoms with Crippen molar-refractivity contribution in [1.29, 1.82) is 0 Å². The van der Waals surface area contributed by atoms with Crippen molar-refractivity contribution in [2.45, 2.75) is 24.4 Å². The number of benzene rings is 1. The molecule has 0 saturated heterocycles. The summed E-state index contributed by atoms with van der Waals surface area (Å²) in [5.41, 5.74) is 0.899. The molecule has 22 heavy (non-hydrogen) atoms. The van der Waals surface area contributed by atoms with Gasteiger partial charge in [-0.3, -0.25) is 0 Å². The second-order valence-corrected chi connectivity index (χ2v) is 5.47. The predicted octanol–water partition coefficient (Wildman–Crippen LogP) is 3.25. The van der Waals surface area contributed by atoms with Gasteiger partial charge in [0.15, 0.2) is 5.16 Å². The van der Waals surface area contributed by atoms with Crippen LogP contribution in [0, 0.1) is 0 Å². The quantitative estimate of drug-likeness (QED) is 0.650. The molecule has 3 aromatic rings. The van der Waals surface area contributed by atoms with E-state index >= 15 is 0 Å². The molecule has 6 nitrogen and oxygen atoms in total. The fourth-order valence-corrected chi connectivity index (χ4v) is 2.83. The van der Waals surface area contributed by atoms with Gasteiger partial charge in [0.25, 0.3) is 0 Å². The zero-order chi connectivity index (χ0) is 15.4. The van der Waals surface area contributed by atoms with Gasteiger partial charge in [-0.2, -0.15) is 4.98 Å². The lowest BCUT2D eigenvalue weighted by atomic mass is 10.2. The van der Waals surface area contributed by atoms with E-state index in [1.165, 1.54) is 0 Å². The van der Waals surface area contributed by atoms with Crippen molar-refractivity contribution in [1.82, 2.24) is 19.7 Å². The summed E-state index contributed by atoms with van der Waals surface area (Å²) in [4.78, 5) is 8.72. The standard InChI is InChI=1S/C15H16N4O2S/c1-3-19-9-8-16-15(19)22-10-13-17-14(18-21-13)11-4-6-12(20-2)7-5-11/h4-9H,3,10H2,1-2H3. The minimum Gasteiger partial charge on any atom is -0.497 e. The molecule has 0 aliphatic heterocycles. The molecule has 0 saturated carbocycles. The highest BCUT2D eigenvalue weighted by molar-refractivity contribution is 7.98. The Labute approximate surface area is 132 Å². The van der Waals surface area contributed by atoms with Crippen molar-refractivity contribution in [2.75, 3.05) is 7.11 Å². The average Bonchev–Trinajstić information content (AvgIpc) is 3.21. The maximum atomic E-state index is 5.30. The summed E-state index contributed by atoms with van der Waals surface area (Å²) in [5.74, 6) is 2.56. The predicted molar refractivity (Wildman–Crippen MR) is 83.7 cm³/mol. The molecule has 0 aliphatic rings. The Morgan fingerprint density at radius 3 is 2.82 bits per heavy atom. The largest absolute Gasteiger partial charge is 0.497 e. The molecule has 0 bridgehead atoms. The monoisotopic (exact) mass is 316 g/mol. The summed E-state index contributed by atoms with van der Waals surface area (Å²) in [5, 5.41) is 4.97. The Balaban J connectivity index is 1.68. The molecule has 1 aromatic carbocycles. The SMILES string of the molecule is CCn1ccnc1SCc1nc(-c2ccc(OC)cc2)no1. The minimum atomic E-state index is 0.581. The Morgan fingerprint density at radius 1 is 1.27 bits per heavy atom. The van der Waals surface area contributed by atoms with Crippen LogP contribution in [0.1, 0.15) is 12.8 Å². The summed E-state index contributed by atoms with van der Waals surface area (Å²) < 4.78 is 12.5. The molecule has 0 N–H and O–H groups in total. The van der Waals surface area contributed by atoms with Crippen LogP contribution in [0.25, 0.3) is 11.4 Å². The first-order valence-electron chi connectivity index (χ1n) is 6.91. The van der Waals surface area contributed by atoms with Gasteiger partial charge in [-0.25, -0.2) is 4.98 Å². The number of imidazole rings is 1. The number of aryl methyl sites for hydroxylation is 1. The van der Waals surface area contributed by atoms with E-state index in [1.807, 2.05) is 30.5 Å². The topological polar surface area (TPSA) is 66.0 Å². The van der Waals surface area contributed by atoms with Gasteiger partial charge in [0.05, 0.1) is 12.9 Å². The van der Waals surface area contributed by atoms with Crippen molar-refractivity contribution < 1.29 is 9.26 Å². The highest BCUT2D eigenvalue weighted by Gasteiger charge is 2.10. The molecule has 0 atom stereocenters. The van der Waals surface area contributed by atoms with Crippen LogP contribution in [0.5, 0.6) is 5.75 Å². The van der Waals surface area contributed by atoms with Crippen LogP contribution >= 0.6 is 11.8 Å². The van der Waals surface area contributed by atoms with Crippen molar-refractivity contribution in [2.24, 2.45) is 0 Å². The Morgan fingerprint density at radius 2 is 2.09 bits per heavy atom. The van der Waals surface area contributed by atoms with Crippen LogP contribution in [0.2, 0.25) is 0 Å². The normalized spacial score (nSPS) is 10.8. The Kier molecular flexibility index (Phi) is 4.43. The molecule has 114 valence electrons. The molecular formula is C15H16N4O2S. The Hall–Kier alpha value is -2.28. The molecule has 0 unspecified atom stereocenters. The van der Waals surface area contributed by atoms with Crippen LogP contribution < -0.4 is 4.74 Å². The van der Waals surface area contributed by atoms with E-state index in [0.717, 1.165) is 23.0 Å². The van der Waals surface area contributed by atoms with Gasteiger partial charge < -0.3 is 13.8 Å². The lowest BCUT2D eigenvalue weighted by Crippen LogP contribution is -1.94. The molecular weight excluding hydrogens is 300 g/mol. The minimum absolute atomic E-state index is 0.581. The summed E-state index contributed by atoms with van der Waals surface area (Å²) in [6.07, 6.45) is 3.75. The van der Waals surface area contributed by atoms with Gasteiger partial charge in [-0.1, -0.05) is 16.9 Å².